The van der Waals surface area contributed by atoms with Crippen LogP contribution in [0, 0.1) is 0 Å². The van der Waals surface area contributed by atoms with E-state index < -0.39 is 5.79 Å². The van der Waals surface area contributed by atoms with Crippen molar-refractivity contribution in [3.05, 3.63) is 24.0 Å². The van der Waals surface area contributed by atoms with E-state index in [4.69, 9.17) is 9.47 Å². The number of pyridine rings is 1. The lowest BCUT2D eigenvalue weighted by Crippen LogP contribution is -2.47. The Bertz CT molecular complexity index is 577. The molecule has 3 rings (SSSR count). The number of amides is 1. The molecule has 0 saturated carbocycles. The molecule has 7 nitrogen and oxygen atoms in total. The third kappa shape index (κ3) is 4.68. The van der Waals surface area contributed by atoms with Crippen LogP contribution in [-0.4, -0.2) is 80.0 Å². The molecule has 1 N–H and O–H groups in total. The van der Waals surface area contributed by atoms with E-state index >= 15 is 0 Å². The molecule has 1 aromatic rings. The third-order valence-corrected chi connectivity index (χ3v) is 4.72. The van der Waals surface area contributed by atoms with Gasteiger partial charge in [-0.3, -0.25) is 9.78 Å². The topological polar surface area (TPSA) is 66.9 Å². The van der Waals surface area contributed by atoms with Gasteiger partial charge in [0, 0.05) is 44.4 Å². The lowest BCUT2D eigenvalue weighted by atomic mass is 10.0. The number of hydrogen-bond donors (Lipinski definition) is 1. The van der Waals surface area contributed by atoms with Gasteiger partial charge in [-0.1, -0.05) is 0 Å². The average Bonchev–Trinajstić information content (AvgIpc) is 3.07. The number of likely N-dealkylation sites (tertiary alicyclic amines) is 1. The second kappa shape index (κ2) is 8.12. The minimum absolute atomic E-state index is 0.0233. The summed E-state index contributed by atoms with van der Waals surface area (Å²) < 4.78 is 11.4. The lowest BCUT2D eigenvalue weighted by molar-refractivity contribution is -0.181. The summed E-state index contributed by atoms with van der Waals surface area (Å²) in [6.45, 7) is 4.48. The number of piperidine rings is 1. The maximum absolute atomic E-state index is 12.7. The Hall–Kier alpha value is -1.70. The molecule has 1 aromatic heterocycles. The van der Waals surface area contributed by atoms with Crippen LogP contribution >= 0.6 is 0 Å². The molecular formula is C18H28N4O3. The molecule has 0 aliphatic carbocycles. The molecule has 0 unspecified atom stereocenters. The van der Waals surface area contributed by atoms with Gasteiger partial charge in [0.15, 0.2) is 5.79 Å². The predicted octanol–water partition coefficient (Wildman–Crippen LogP) is 1.42. The van der Waals surface area contributed by atoms with Crippen molar-refractivity contribution < 1.29 is 14.3 Å². The summed E-state index contributed by atoms with van der Waals surface area (Å²) in [7, 11) is 4.13. The largest absolute Gasteiger partial charge is 0.385 e. The van der Waals surface area contributed by atoms with Gasteiger partial charge in [-0.15, -0.1) is 0 Å². The third-order valence-electron chi connectivity index (χ3n) is 4.72. The predicted molar refractivity (Wildman–Crippen MR) is 95.7 cm³/mol. The minimum atomic E-state index is -0.458. The van der Waals surface area contributed by atoms with Crippen molar-refractivity contribution in [1.82, 2.24) is 14.8 Å². The van der Waals surface area contributed by atoms with Crippen LogP contribution in [0.1, 0.15) is 29.8 Å². The molecule has 2 aliphatic heterocycles. The monoisotopic (exact) mass is 348 g/mol. The number of rotatable bonds is 6. The Kier molecular flexibility index (Phi) is 5.88. The van der Waals surface area contributed by atoms with Crippen LogP contribution in [0.4, 0.5) is 5.69 Å². The lowest BCUT2D eigenvalue weighted by Gasteiger charge is -2.37. The standard InChI is InChI=1S/C18H28N4O3/c1-21(2)9-3-7-19-15-4-8-20-16(14-15)17(23)22-10-5-18(6-11-22)24-12-13-25-18/h4,8,14H,3,5-7,9-13H2,1-2H3,(H,19,20). The molecule has 0 atom stereocenters. The molecule has 1 spiro atoms. The summed E-state index contributed by atoms with van der Waals surface area (Å²) in [5.41, 5.74) is 1.43. The zero-order valence-corrected chi connectivity index (χ0v) is 15.2. The summed E-state index contributed by atoms with van der Waals surface area (Å²) in [4.78, 5) is 21.0. The first kappa shape index (κ1) is 18.1. The van der Waals surface area contributed by atoms with Crippen LogP contribution < -0.4 is 5.32 Å². The molecule has 2 aliphatic rings. The number of carbonyl (C=O) groups excluding carboxylic acids is 1. The van der Waals surface area contributed by atoms with Gasteiger partial charge in [-0.2, -0.15) is 0 Å². The van der Waals surface area contributed by atoms with Gasteiger partial charge in [0.25, 0.3) is 5.91 Å². The first-order valence-electron chi connectivity index (χ1n) is 9.00. The number of carbonyl (C=O) groups is 1. The zero-order valence-electron chi connectivity index (χ0n) is 15.2. The van der Waals surface area contributed by atoms with Crippen molar-refractivity contribution >= 4 is 11.6 Å². The Morgan fingerprint density at radius 1 is 1.32 bits per heavy atom. The molecule has 0 bridgehead atoms. The normalized spacial score (nSPS) is 19.6. The molecule has 2 fully saturated rings. The smallest absolute Gasteiger partial charge is 0.272 e. The Balaban J connectivity index is 1.53. The van der Waals surface area contributed by atoms with E-state index in [0.717, 1.165) is 38.0 Å². The first-order chi connectivity index (χ1) is 12.1. The van der Waals surface area contributed by atoms with Crippen molar-refractivity contribution in [2.24, 2.45) is 0 Å². The fourth-order valence-corrected chi connectivity index (χ4v) is 3.28. The number of aromatic nitrogens is 1. The molecule has 1 amide bonds. The fraction of sp³-hybridized carbons (Fsp3) is 0.667. The van der Waals surface area contributed by atoms with Crippen LogP contribution in [-0.2, 0) is 9.47 Å². The number of nitrogens with zero attached hydrogens (tertiary/aromatic N) is 3. The maximum Gasteiger partial charge on any atom is 0.272 e. The van der Waals surface area contributed by atoms with Gasteiger partial charge in [-0.25, -0.2) is 0 Å². The first-order valence-corrected chi connectivity index (χ1v) is 9.00. The molecule has 25 heavy (non-hydrogen) atoms. The highest BCUT2D eigenvalue weighted by molar-refractivity contribution is 5.93. The Labute approximate surface area is 149 Å². The summed E-state index contributed by atoms with van der Waals surface area (Å²) in [5.74, 6) is -0.482. The van der Waals surface area contributed by atoms with E-state index in [-0.39, 0.29) is 5.91 Å². The van der Waals surface area contributed by atoms with E-state index in [9.17, 15) is 4.79 Å². The van der Waals surface area contributed by atoms with E-state index in [1.165, 1.54) is 0 Å². The number of ether oxygens (including phenoxy) is 2. The van der Waals surface area contributed by atoms with Gasteiger partial charge in [-0.05, 0) is 39.2 Å². The highest BCUT2D eigenvalue weighted by Gasteiger charge is 2.41. The van der Waals surface area contributed by atoms with E-state index in [0.29, 0.717) is 32.0 Å². The zero-order chi connectivity index (χ0) is 17.7. The van der Waals surface area contributed by atoms with Gasteiger partial charge < -0.3 is 24.6 Å². The second-order valence-corrected chi connectivity index (χ2v) is 6.91. The van der Waals surface area contributed by atoms with Crippen molar-refractivity contribution in [3.8, 4) is 0 Å². The fourth-order valence-electron chi connectivity index (χ4n) is 3.28. The summed E-state index contributed by atoms with van der Waals surface area (Å²) in [6, 6.07) is 3.74. The number of hydrogen-bond acceptors (Lipinski definition) is 6. The molecule has 0 radical (unpaired) electrons. The van der Waals surface area contributed by atoms with Gasteiger partial charge in [0.2, 0.25) is 0 Å². The van der Waals surface area contributed by atoms with Crippen LogP contribution in [0.15, 0.2) is 18.3 Å². The van der Waals surface area contributed by atoms with E-state index in [2.05, 4.69) is 29.3 Å². The summed E-state index contributed by atoms with van der Waals surface area (Å²) in [5, 5.41) is 3.36. The van der Waals surface area contributed by atoms with Crippen molar-refractivity contribution in [1.29, 1.82) is 0 Å². The average molecular weight is 348 g/mol. The van der Waals surface area contributed by atoms with Crippen molar-refractivity contribution in [3.63, 3.8) is 0 Å². The second-order valence-electron chi connectivity index (χ2n) is 6.91. The number of nitrogens with one attached hydrogen (secondary N) is 1. The summed E-state index contributed by atoms with van der Waals surface area (Å²) in [6.07, 6.45) is 4.19. The number of anilines is 1. The van der Waals surface area contributed by atoms with Crippen LogP contribution in [0.2, 0.25) is 0 Å². The van der Waals surface area contributed by atoms with Gasteiger partial charge >= 0.3 is 0 Å². The minimum Gasteiger partial charge on any atom is -0.385 e. The van der Waals surface area contributed by atoms with Gasteiger partial charge in [0.1, 0.15) is 5.69 Å². The highest BCUT2D eigenvalue weighted by atomic mass is 16.7. The van der Waals surface area contributed by atoms with Crippen molar-refractivity contribution in [2.75, 3.05) is 58.8 Å². The quantitative estimate of drug-likeness (QED) is 0.785. The van der Waals surface area contributed by atoms with Crippen LogP contribution in [0.25, 0.3) is 0 Å². The molecule has 3 heterocycles. The molecule has 138 valence electrons. The Morgan fingerprint density at radius 3 is 2.72 bits per heavy atom. The molecule has 2 saturated heterocycles. The van der Waals surface area contributed by atoms with Gasteiger partial charge in [0.05, 0.1) is 13.2 Å². The molecule has 0 aromatic carbocycles. The molecule has 7 heteroatoms. The maximum atomic E-state index is 12.7. The van der Waals surface area contributed by atoms with E-state index in [1.54, 1.807) is 6.20 Å². The van der Waals surface area contributed by atoms with Crippen molar-refractivity contribution in [2.45, 2.75) is 25.0 Å². The summed E-state index contributed by atoms with van der Waals surface area (Å²) >= 11 is 0. The Morgan fingerprint density at radius 2 is 2.04 bits per heavy atom. The SMILES string of the molecule is CN(C)CCCNc1ccnc(C(=O)N2CCC3(CC2)OCCO3)c1. The van der Waals surface area contributed by atoms with E-state index in [1.807, 2.05) is 17.0 Å². The molecular weight excluding hydrogens is 320 g/mol. The van der Waals surface area contributed by atoms with Crippen LogP contribution in [0.5, 0.6) is 0 Å². The highest BCUT2D eigenvalue weighted by Crippen LogP contribution is 2.31. The van der Waals surface area contributed by atoms with Crippen LogP contribution in [0.3, 0.4) is 0 Å².